The van der Waals surface area contributed by atoms with Gasteiger partial charge in [-0.2, -0.15) is 0 Å². The first kappa shape index (κ1) is 29.5. The molecule has 3 aromatic rings. The Morgan fingerprint density at radius 1 is 0.912 bits per heavy atom. The molecule has 3 rings (SSSR count). The van der Waals surface area contributed by atoms with Crippen LogP contribution < -0.4 is 4.74 Å². The lowest BCUT2D eigenvalue weighted by Gasteiger charge is -2.01. The van der Waals surface area contributed by atoms with Crippen molar-refractivity contribution in [2.45, 2.75) is 10.1 Å². The molecule has 0 saturated carbocycles. The van der Waals surface area contributed by atoms with E-state index < -0.39 is 11.9 Å². The molecule has 0 atom stereocenters. The molecule has 3 aromatic heterocycles. The number of H-pyrrole nitrogens is 1. The summed E-state index contributed by atoms with van der Waals surface area (Å²) >= 11 is 4.71. The van der Waals surface area contributed by atoms with Crippen LogP contribution in [-0.4, -0.2) is 56.1 Å². The van der Waals surface area contributed by atoms with Gasteiger partial charge in [0.25, 0.3) is 6.47 Å². The first-order valence-electron chi connectivity index (χ1n) is 8.89. The zero-order chi connectivity index (χ0) is 25.3. The van der Waals surface area contributed by atoms with Crippen molar-refractivity contribution in [2.24, 2.45) is 0 Å². The van der Waals surface area contributed by atoms with Crippen LogP contribution in [0.2, 0.25) is 0 Å². The van der Waals surface area contributed by atoms with Crippen molar-refractivity contribution in [1.82, 2.24) is 15.0 Å². The van der Waals surface area contributed by atoms with Crippen LogP contribution in [-0.2, 0) is 4.79 Å². The molecule has 0 radical (unpaired) electrons. The van der Waals surface area contributed by atoms with Gasteiger partial charge in [-0.1, -0.05) is 33.8 Å². The van der Waals surface area contributed by atoms with Crippen molar-refractivity contribution in [3.05, 3.63) is 70.8 Å². The Bertz CT molecular complexity index is 1090. The van der Waals surface area contributed by atoms with Crippen LogP contribution in [0.4, 0.5) is 0 Å². The van der Waals surface area contributed by atoms with E-state index in [0.29, 0.717) is 21.9 Å². The molecule has 0 aromatic carbocycles. The first-order chi connectivity index (χ1) is 16.3. The fraction of sp³-hybridized carbons (Fsp3) is 0.100. The van der Waals surface area contributed by atoms with Crippen LogP contribution in [0.25, 0.3) is 0 Å². The Kier molecular flexibility index (Phi) is 14.8. The minimum atomic E-state index is -1.01. The lowest BCUT2D eigenvalue weighted by molar-refractivity contribution is -0.120. The van der Waals surface area contributed by atoms with Crippen molar-refractivity contribution in [3.63, 3.8) is 0 Å². The number of hydrogen-bond acceptors (Lipinski definition) is 11. The normalized spacial score (nSPS) is 9.47. The van der Waals surface area contributed by atoms with Crippen molar-refractivity contribution < 1.29 is 29.3 Å². The van der Waals surface area contributed by atoms with Gasteiger partial charge >= 0.3 is 11.9 Å². The standard InChI is InChI=1S/C12H8N2O4S2.C6H5NO2S.C2H6S2/c15-7-18-9-2-4-11(14-6-9)20-19-10-3-1-8(5-13-10)12(16)17;8-6(9)4-1-2-5(10)7-3-4;1-3-4-2/h1-7H,(H,16,17);1-3H,(H,7,10)(H,8,9);1-2H3. The summed E-state index contributed by atoms with van der Waals surface area (Å²) in [5.74, 6) is -1.58. The number of ether oxygens (including phenoxy) is 1. The van der Waals surface area contributed by atoms with E-state index in [1.54, 1.807) is 45.9 Å². The quantitative estimate of drug-likeness (QED) is 0.180. The molecule has 0 saturated heterocycles. The van der Waals surface area contributed by atoms with E-state index in [1.165, 1.54) is 52.3 Å². The molecule has 0 aliphatic heterocycles. The predicted molar refractivity (Wildman–Crippen MR) is 139 cm³/mol. The molecule has 14 heteroatoms. The molecular weight excluding hydrogens is 539 g/mol. The van der Waals surface area contributed by atoms with E-state index in [4.69, 9.17) is 22.4 Å². The summed E-state index contributed by atoms with van der Waals surface area (Å²) < 4.78 is 5.16. The maximum Gasteiger partial charge on any atom is 0.337 e. The summed E-state index contributed by atoms with van der Waals surface area (Å²) in [5.41, 5.74) is 0.362. The van der Waals surface area contributed by atoms with Gasteiger partial charge in [0.2, 0.25) is 0 Å². The summed E-state index contributed by atoms with van der Waals surface area (Å²) in [7, 11) is 6.27. The largest absolute Gasteiger partial charge is 0.478 e. The van der Waals surface area contributed by atoms with Gasteiger partial charge in [-0.05, 0) is 70.5 Å². The van der Waals surface area contributed by atoms with E-state index >= 15 is 0 Å². The van der Waals surface area contributed by atoms with E-state index in [2.05, 4.69) is 32.2 Å². The van der Waals surface area contributed by atoms with Crippen LogP contribution in [0.5, 0.6) is 5.75 Å². The van der Waals surface area contributed by atoms with E-state index in [1.807, 2.05) is 0 Å². The van der Waals surface area contributed by atoms with E-state index in [-0.39, 0.29) is 11.1 Å². The SMILES string of the molecule is CSSC.O=C(O)c1ccc(=S)[nH]c1.O=COc1ccc(SSc2ccc(C(=O)O)cn2)nc1. The second-order valence-corrected chi connectivity index (χ2v) is 10.8. The third-order valence-electron chi connectivity index (χ3n) is 3.29. The molecule has 9 nitrogen and oxygen atoms in total. The summed E-state index contributed by atoms with van der Waals surface area (Å²) in [6.45, 7) is 0.340. The number of aromatic nitrogens is 3. The molecule has 3 heterocycles. The van der Waals surface area contributed by atoms with Gasteiger partial charge in [-0.15, -0.1) is 0 Å². The van der Waals surface area contributed by atoms with Crippen LogP contribution in [0.15, 0.2) is 65.0 Å². The van der Waals surface area contributed by atoms with Crippen molar-refractivity contribution in [3.8, 4) is 5.75 Å². The fourth-order valence-corrected chi connectivity index (χ4v) is 3.57. The monoisotopic (exact) mass is 557 g/mol. The number of rotatable bonds is 8. The average Bonchev–Trinajstić information content (AvgIpc) is 2.85. The highest BCUT2D eigenvalue weighted by Gasteiger charge is 2.05. The maximum absolute atomic E-state index is 10.7. The number of aromatic amines is 1. The molecule has 180 valence electrons. The Balaban J connectivity index is 0.000000343. The van der Waals surface area contributed by atoms with E-state index in [0.717, 1.165) is 5.03 Å². The smallest absolute Gasteiger partial charge is 0.337 e. The summed E-state index contributed by atoms with van der Waals surface area (Å²) in [6, 6.07) is 9.46. The minimum Gasteiger partial charge on any atom is -0.478 e. The molecule has 0 amide bonds. The van der Waals surface area contributed by atoms with Crippen LogP contribution in [0.1, 0.15) is 20.7 Å². The summed E-state index contributed by atoms with van der Waals surface area (Å²) in [6.07, 6.45) is 8.23. The first-order valence-corrected chi connectivity index (χ1v) is 14.4. The Morgan fingerprint density at radius 2 is 1.47 bits per heavy atom. The van der Waals surface area contributed by atoms with Gasteiger partial charge in [0.05, 0.1) is 17.3 Å². The molecule has 0 bridgehead atoms. The number of carbonyl (C=O) groups is 3. The number of pyridine rings is 3. The lowest BCUT2D eigenvalue weighted by atomic mass is 10.3. The molecule has 0 fully saturated rings. The topological polar surface area (TPSA) is 142 Å². The Morgan fingerprint density at radius 3 is 1.85 bits per heavy atom. The van der Waals surface area contributed by atoms with Gasteiger partial charge in [0.1, 0.15) is 20.4 Å². The Labute approximate surface area is 216 Å². The van der Waals surface area contributed by atoms with Gasteiger partial charge in [0.15, 0.2) is 0 Å². The van der Waals surface area contributed by atoms with Crippen LogP contribution >= 0.6 is 55.4 Å². The number of aromatic carboxylic acids is 2. The van der Waals surface area contributed by atoms with Gasteiger partial charge in [-0.25, -0.2) is 19.6 Å². The van der Waals surface area contributed by atoms with Crippen molar-refractivity contribution in [1.29, 1.82) is 0 Å². The highest BCUT2D eigenvalue weighted by atomic mass is 33.1. The average molecular weight is 558 g/mol. The Hall–Kier alpha value is -2.52. The highest BCUT2D eigenvalue weighted by Crippen LogP contribution is 2.35. The van der Waals surface area contributed by atoms with Crippen LogP contribution in [0.3, 0.4) is 0 Å². The maximum atomic E-state index is 10.7. The minimum absolute atomic E-state index is 0.146. The molecule has 0 aliphatic rings. The summed E-state index contributed by atoms with van der Waals surface area (Å²) in [5, 5.41) is 18.6. The van der Waals surface area contributed by atoms with Crippen molar-refractivity contribution in [2.75, 3.05) is 12.5 Å². The number of nitrogens with one attached hydrogen (secondary N) is 1. The van der Waals surface area contributed by atoms with Crippen LogP contribution in [0, 0.1) is 4.64 Å². The second-order valence-electron chi connectivity index (χ2n) is 5.48. The molecular formula is C20H19N3O6S5. The predicted octanol–water partition coefficient (Wildman–Crippen LogP) is 5.58. The number of carboxylic acid groups (broad SMARTS) is 2. The molecule has 0 unspecified atom stereocenters. The lowest BCUT2D eigenvalue weighted by Crippen LogP contribution is -1.96. The van der Waals surface area contributed by atoms with Crippen molar-refractivity contribution >= 4 is 73.8 Å². The molecule has 34 heavy (non-hydrogen) atoms. The zero-order valence-corrected chi connectivity index (χ0v) is 21.8. The van der Waals surface area contributed by atoms with Gasteiger partial charge in [0, 0.05) is 12.4 Å². The van der Waals surface area contributed by atoms with Gasteiger partial charge < -0.3 is 19.9 Å². The number of nitrogens with zero attached hydrogens (tertiary/aromatic N) is 2. The fourth-order valence-electron chi connectivity index (χ4n) is 1.73. The molecule has 0 aliphatic carbocycles. The van der Waals surface area contributed by atoms with Gasteiger partial charge in [-0.3, -0.25) is 4.79 Å². The third-order valence-corrected chi connectivity index (χ3v) is 7.06. The number of hydrogen-bond donors (Lipinski definition) is 3. The molecule has 0 spiro atoms. The van der Waals surface area contributed by atoms with E-state index in [9.17, 15) is 14.4 Å². The highest BCUT2D eigenvalue weighted by molar-refractivity contribution is 8.76. The summed E-state index contributed by atoms with van der Waals surface area (Å²) in [4.78, 5) is 41.8. The zero-order valence-electron chi connectivity index (χ0n) is 17.7. The number of carbonyl (C=O) groups excluding carboxylic acids is 1. The number of carboxylic acids is 2. The second kappa shape index (κ2) is 17.0. The third kappa shape index (κ3) is 12.1. The molecule has 3 N–H and O–H groups in total.